The minimum absolute atomic E-state index is 0.0795. The van der Waals surface area contributed by atoms with Crippen molar-refractivity contribution in [3.05, 3.63) is 0 Å². The van der Waals surface area contributed by atoms with Gasteiger partial charge in [-0.15, -0.1) is 0 Å². The minimum atomic E-state index is -1.86. The van der Waals surface area contributed by atoms with Gasteiger partial charge in [-0.3, -0.25) is 10.1 Å². The van der Waals surface area contributed by atoms with Crippen molar-refractivity contribution in [3.63, 3.8) is 0 Å². The minimum Gasteiger partial charge on any atom is -0.468 e. The lowest BCUT2D eigenvalue weighted by atomic mass is 10.1. The summed E-state index contributed by atoms with van der Waals surface area (Å²) < 4.78 is 11.5. The van der Waals surface area contributed by atoms with Crippen LogP contribution in [-0.4, -0.2) is 52.7 Å². The van der Waals surface area contributed by atoms with Gasteiger partial charge in [-0.1, -0.05) is 34.6 Å². The van der Waals surface area contributed by atoms with Gasteiger partial charge in [-0.25, -0.2) is 0 Å². The van der Waals surface area contributed by atoms with Crippen LogP contribution < -0.4 is 10.6 Å². The van der Waals surface area contributed by atoms with Crippen molar-refractivity contribution < 1.29 is 14.0 Å². The monoisotopic (exact) mass is 358 g/mol. The van der Waals surface area contributed by atoms with Crippen molar-refractivity contribution in [2.75, 3.05) is 20.2 Å². The molecule has 1 saturated heterocycles. The van der Waals surface area contributed by atoms with E-state index in [0.29, 0.717) is 12.3 Å². The van der Waals surface area contributed by atoms with Crippen LogP contribution >= 0.6 is 0 Å². The number of methoxy groups -OCH3 is 1. The fourth-order valence-corrected chi connectivity index (χ4v) is 4.11. The lowest BCUT2D eigenvalue weighted by Crippen LogP contribution is -2.47. The van der Waals surface area contributed by atoms with E-state index in [1.54, 1.807) is 0 Å². The summed E-state index contributed by atoms with van der Waals surface area (Å²) in [7, 11) is -0.415. The van der Waals surface area contributed by atoms with Crippen molar-refractivity contribution in [2.24, 2.45) is 5.92 Å². The highest BCUT2D eigenvalue weighted by Gasteiger charge is 2.45. The lowest BCUT2D eigenvalue weighted by Gasteiger charge is -2.39. The quantitative estimate of drug-likeness (QED) is 0.397. The summed E-state index contributed by atoms with van der Waals surface area (Å²) in [6.45, 7) is 17.6. The molecule has 0 radical (unpaired) electrons. The van der Waals surface area contributed by atoms with Crippen LogP contribution in [0.5, 0.6) is 0 Å². The molecule has 6 heteroatoms. The molecule has 24 heavy (non-hydrogen) atoms. The molecule has 2 N–H and O–H groups in total. The van der Waals surface area contributed by atoms with Gasteiger partial charge in [0, 0.05) is 6.04 Å². The molecular formula is C18H38N2O3Si. The van der Waals surface area contributed by atoms with Gasteiger partial charge in [0.15, 0.2) is 8.32 Å². The number of hydrogen-bond acceptors (Lipinski definition) is 5. The zero-order valence-electron chi connectivity index (χ0n) is 16.9. The molecule has 142 valence electrons. The number of ether oxygens (including phenoxy) is 1. The summed E-state index contributed by atoms with van der Waals surface area (Å²) in [6, 6.07) is -0.0530. The van der Waals surface area contributed by atoms with E-state index in [9.17, 15) is 4.79 Å². The molecule has 0 aliphatic carbocycles. The van der Waals surface area contributed by atoms with E-state index >= 15 is 0 Å². The highest BCUT2D eigenvalue weighted by Crippen LogP contribution is 2.39. The Kier molecular flexibility index (Phi) is 7.91. The van der Waals surface area contributed by atoms with Crippen LogP contribution in [0, 0.1) is 5.92 Å². The molecular weight excluding hydrogens is 320 g/mol. The van der Waals surface area contributed by atoms with E-state index in [-0.39, 0.29) is 29.2 Å². The van der Waals surface area contributed by atoms with Gasteiger partial charge in [0.25, 0.3) is 0 Å². The van der Waals surface area contributed by atoms with Gasteiger partial charge in [-0.05, 0) is 50.0 Å². The molecule has 0 saturated carbocycles. The number of carbonyl (C=O) groups excluding carboxylic acids is 1. The fourth-order valence-electron chi connectivity index (χ4n) is 2.74. The van der Waals surface area contributed by atoms with Gasteiger partial charge in [0.1, 0.15) is 6.04 Å². The van der Waals surface area contributed by atoms with Crippen molar-refractivity contribution in [1.82, 2.24) is 10.6 Å². The molecule has 3 atom stereocenters. The van der Waals surface area contributed by atoms with Crippen molar-refractivity contribution in [3.8, 4) is 0 Å². The number of nitrogens with one attached hydrogen (secondary N) is 2. The van der Waals surface area contributed by atoms with Gasteiger partial charge in [0.05, 0.1) is 13.2 Å². The third-order valence-electron chi connectivity index (χ3n) is 5.25. The normalized spacial score (nSPS) is 25.3. The average molecular weight is 359 g/mol. The predicted molar refractivity (Wildman–Crippen MR) is 102 cm³/mol. The zero-order chi connectivity index (χ0) is 18.5. The Morgan fingerprint density at radius 3 is 2.46 bits per heavy atom. The Balaban J connectivity index is 2.70. The number of hydrogen-bond donors (Lipinski definition) is 2. The van der Waals surface area contributed by atoms with E-state index in [0.717, 1.165) is 19.5 Å². The Morgan fingerprint density at radius 2 is 1.96 bits per heavy atom. The summed E-state index contributed by atoms with van der Waals surface area (Å²) >= 11 is 0. The van der Waals surface area contributed by atoms with Crippen LogP contribution in [0.3, 0.4) is 0 Å². The molecule has 1 heterocycles. The molecule has 0 unspecified atom stereocenters. The summed E-state index contributed by atoms with van der Waals surface area (Å²) in [5.41, 5.74) is 0. The summed E-state index contributed by atoms with van der Waals surface area (Å²) in [6.07, 6.45) is 1.74. The molecule has 1 rings (SSSR count). The Hall–Kier alpha value is -0.433. The predicted octanol–water partition coefficient (Wildman–Crippen LogP) is 2.92. The lowest BCUT2D eigenvalue weighted by molar-refractivity contribution is -0.142. The molecule has 1 aliphatic rings. The van der Waals surface area contributed by atoms with Crippen LogP contribution in [0.1, 0.15) is 47.5 Å². The standard InChI is InChI=1S/C18H38N2O3Si/c1-13(2)12-19-10-9-14-16(11-15(20-14)17(21)22-6)23-24(7,8)18(3,4)5/h13-16,19-20H,9-12H2,1-8H3/t14-,15+,16-/m1/s1. The largest absolute Gasteiger partial charge is 0.468 e. The summed E-state index contributed by atoms with van der Waals surface area (Å²) in [4.78, 5) is 11.9. The summed E-state index contributed by atoms with van der Waals surface area (Å²) in [5, 5.41) is 7.08. The zero-order valence-corrected chi connectivity index (χ0v) is 17.9. The SMILES string of the molecule is COC(=O)[C@@H]1C[C@@H](O[Si](C)(C)C(C)(C)C)[C@@H](CCNCC(C)C)N1. The summed E-state index contributed by atoms with van der Waals surface area (Å²) in [5.74, 6) is 0.458. The number of esters is 1. The van der Waals surface area contributed by atoms with Crippen molar-refractivity contribution in [1.29, 1.82) is 0 Å². The topological polar surface area (TPSA) is 59.6 Å². The van der Waals surface area contributed by atoms with Crippen molar-refractivity contribution >= 4 is 14.3 Å². The van der Waals surface area contributed by atoms with Crippen LogP contribution in [-0.2, 0) is 14.0 Å². The molecule has 0 spiro atoms. The van der Waals surface area contributed by atoms with Crippen LogP contribution in [0.25, 0.3) is 0 Å². The second kappa shape index (κ2) is 8.78. The number of carbonyl (C=O) groups is 1. The van der Waals surface area contributed by atoms with Crippen LogP contribution in [0.15, 0.2) is 0 Å². The van der Waals surface area contributed by atoms with Crippen LogP contribution in [0.4, 0.5) is 0 Å². The molecule has 0 aromatic rings. The molecule has 1 aliphatic heterocycles. The third-order valence-corrected chi connectivity index (χ3v) is 9.76. The van der Waals surface area contributed by atoms with Crippen LogP contribution in [0.2, 0.25) is 18.1 Å². The Bertz CT molecular complexity index is 408. The first-order valence-corrected chi connectivity index (χ1v) is 12.1. The molecule has 0 aromatic heterocycles. The molecule has 1 fully saturated rings. The maximum Gasteiger partial charge on any atom is 0.322 e. The van der Waals surface area contributed by atoms with E-state index < -0.39 is 8.32 Å². The maximum absolute atomic E-state index is 11.9. The fraction of sp³-hybridized carbons (Fsp3) is 0.944. The molecule has 5 nitrogen and oxygen atoms in total. The maximum atomic E-state index is 11.9. The van der Waals surface area contributed by atoms with E-state index in [1.807, 2.05) is 0 Å². The van der Waals surface area contributed by atoms with Crippen molar-refractivity contribution in [2.45, 2.75) is 83.8 Å². The van der Waals surface area contributed by atoms with Gasteiger partial charge >= 0.3 is 5.97 Å². The van der Waals surface area contributed by atoms with E-state index in [1.165, 1.54) is 7.11 Å². The average Bonchev–Trinajstić information content (AvgIpc) is 2.83. The first-order chi connectivity index (χ1) is 11.0. The molecule has 0 bridgehead atoms. The van der Waals surface area contributed by atoms with E-state index in [4.69, 9.17) is 9.16 Å². The van der Waals surface area contributed by atoms with Gasteiger partial charge in [-0.2, -0.15) is 0 Å². The Morgan fingerprint density at radius 1 is 1.33 bits per heavy atom. The van der Waals surface area contributed by atoms with Gasteiger partial charge in [0.2, 0.25) is 0 Å². The number of rotatable bonds is 8. The second-order valence-electron chi connectivity index (χ2n) is 8.89. The highest BCUT2D eigenvalue weighted by atomic mass is 28.4. The Labute approximate surface area is 149 Å². The molecule has 0 aromatic carbocycles. The first-order valence-electron chi connectivity index (χ1n) is 9.20. The third kappa shape index (κ3) is 6.13. The highest BCUT2D eigenvalue weighted by molar-refractivity contribution is 6.74. The van der Waals surface area contributed by atoms with Gasteiger partial charge < -0.3 is 14.5 Å². The first kappa shape index (κ1) is 21.6. The van der Waals surface area contributed by atoms with E-state index in [2.05, 4.69) is 58.3 Å². The molecule has 0 amide bonds. The smallest absolute Gasteiger partial charge is 0.322 e. The second-order valence-corrected chi connectivity index (χ2v) is 13.6.